The molecular formula is C17H19NO6. The van der Waals surface area contributed by atoms with Gasteiger partial charge in [-0.2, -0.15) is 0 Å². The summed E-state index contributed by atoms with van der Waals surface area (Å²) >= 11 is 0. The zero-order valence-corrected chi connectivity index (χ0v) is 13.4. The number of ketones is 1. The summed E-state index contributed by atoms with van der Waals surface area (Å²) in [5.41, 5.74) is 0.764. The van der Waals surface area contributed by atoms with Gasteiger partial charge in [-0.05, 0) is 30.7 Å². The molecule has 1 fully saturated rings. The van der Waals surface area contributed by atoms with Crippen molar-refractivity contribution in [1.82, 2.24) is 4.90 Å². The minimum absolute atomic E-state index is 0.108. The summed E-state index contributed by atoms with van der Waals surface area (Å²) in [6.07, 6.45) is 1.53. The van der Waals surface area contributed by atoms with Crippen LogP contribution < -0.4 is 4.74 Å². The molecule has 0 bridgehead atoms. The lowest BCUT2D eigenvalue weighted by molar-refractivity contribution is -0.139. The monoisotopic (exact) mass is 333 g/mol. The highest BCUT2D eigenvalue weighted by atomic mass is 16.5. The van der Waals surface area contributed by atoms with E-state index in [4.69, 9.17) is 14.6 Å². The predicted octanol–water partition coefficient (Wildman–Crippen LogP) is 0.981. The normalized spacial score (nSPS) is 15.0. The third-order valence-electron chi connectivity index (χ3n) is 3.46. The maximum Gasteiger partial charge on any atom is 0.341 e. The molecule has 0 aliphatic carbocycles. The number of carbonyl (C=O) groups is 3. The topological polar surface area (TPSA) is 93.1 Å². The molecule has 1 aliphatic rings. The van der Waals surface area contributed by atoms with Crippen molar-refractivity contribution < 1.29 is 29.0 Å². The molecule has 0 atom stereocenters. The second-order valence-electron chi connectivity index (χ2n) is 5.27. The maximum atomic E-state index is 12.5. The van der Waals surface area contributed by atoms with Crippen molar-refractivity contribution >= 4 is 23.7 Å². The Morgan fingerprint density at radius 2 is 1.83 bits per heavy atom. The molecule has 128 valence electrons. The van der Waals surface area contributed by atoms with Gasteiger partial charge in [-0.3, -0.25) is 9.59 Å². The summed E-state index contributed by atoms with van der Waals surface area (Å²) in [6, 6.07) is 6.50. The number of hydrogen-bond acceptors (Lipinski definition) is 5. The van der Waals surface area contributed by atoms with Gasteiger partial charge in [-0.15, -0.1) is 0 Å². The van der Waals surface area contributed by atoms with Crippen molar-refractivity contribution in [3.8, 4) is 5.75 Å². The summed E-state index contributed by atoms with van der Waals surface area (Å²) in [5.74, 6) is -1.28. The van der Waals surface area contributed by atoms with Gasteiger partial charge in [0.15, 0.2) is 12.4 Å². The average Bonchev–Trinajstić information content (AvgIpc) is 2.58. The fourth-order valence-electron chi connectivity index (χ4n) is 2.22. The SMILES string of the molecule is CC(=O)C(=Cc1ccc(OCC(=O)O)cc1)C(=O)N1CCOCC1. The number of ether oxygens (including phenoxy) is 2. The molecule has 24 heavy (non-hydrogen) atoms. The number of carboxylic acid groups (broad SMARTS) is 1. The van der Waals surface area contributed by atoms with Crippen LogP contribution in [0.15, 0.2) is 29.8 Å². The first-order valence-corrected chi connectivity index (χ1v) is 7.51. The van der Waals surface area contributed by atoms with E-state index in [1.807, 2.05) is 0 Å². The van der Waals surface area contributed by atoms with E-state index in [0.717, 1.165) is 0 Å². The average molecular weight is 333 g/mol. The number of amides is 1. The third kappa shape index (κ3) is 4.92. The number of morpholine rings is 1. The maximum absolute atomic E-state index is 12.5. The molecule has 7 heteroatoms. The van der Waals surface area contributed by atoms with Crippen LogP contribution in [0.4, 0.5) is 0 Å². The lowest BCUT2D eigenvalue weighted by atomic mass is 10.1. The van der Waals surface area contributed by atoms with E-state index in [2.05, 4.69) is 0 Å². The number of carboxylic acids is 1. The van der Waals surface area contributed by atoms with Gasteiger partial charge in [0.2, 0.25) is 0 Å². The van der Waals surface area contributed by atoms with Crippen molar-refractivity contribution in [3.05, 3.63) is 35.4 Å². The largest absolute Gasteiger partial charge is 0.482 e. The fourth-order valence-corrected chi connectivity index (χ4v) is 2.22. The third-order valence-corrected chi connectivity index (χ3v) is 3.46. The van der Waals surface area contributed by atoms with Crippen molar-refractivity contribution in [2.75, 3.05) is 32.9 Å². The van der Waals surface area contributed by atoms with E-state index in [1.165, 1.54) is 13.0 Å². The highest BCUT2D eigenvalue weighted by molar-refractivity contribution is 6.21. The second kappa shape index (κ2) is 8.26. The number of rotatable bonds is 6. The summed E-state index contributed by atoms with van der Waals surface area (Å²) in [6.45, 7) is 2.79. The predicted molar refractivity (Wildman–Crippen MR) is 85.6 cm³/mol. The van der Waals surface area contributed by atoms with E-state index in [1.54, 1.807) is 29.2 Å². The molecular weight excluding hydrogens is 314 g/mol. The highest BCUT2D eigenvalue weighted by Crippen LogP contribution is 2.16. The van der Waals surface area contributed by atoms with Crippen LogP contribution in [0.1, 0.15) is 12.5 Å². The Kier molecular flexibility index (Phi) is 6.08. The zero-order valence-electron chi connectivity index (χ0n) is 13.4. The standard InChI is InChI=1S/C17H19NO6/c1-12(19)15(17(22)18-6-8-23-9-7-18)10-13-2-4-14(5-3-13)24-11-16(20)21/h2-5,10H,6-9,11H2,1H3,(H,20,21). The number of carbonyl (C=O) groups excluding carboxylic acids is 2. The molecule has 1 amide bonds. The van der Waals surface area contributed by atoms with Gasteiger partial charge in [-0.25, -0.2) is 4.79 Å². The van der Waals surface area contributed by atoms with Gasteiger partial charge in [-0.1, -0.05) is 12.1 Å². The van der Waals surface area contributed by atoms with Gasteiger partial charge < -0.3 is 19.5 Å². The Balaban J connectivity index is 2.13. The summed E-state index contributed by atoms with van der Waals surface area (Å²) in [4.78, 5) is 36.4. The molecule has 1 aliphatic heterocycles. The van der Waals surface area contributed by atoms with E-state index in [9.17, 15) is 14.4 Å². The van der Waals surface area contributed by atoms with Crippen LogP contribution >= 0.6 is 0 Å². The number of benzene rings is 1. The van der Waals surface area contributed by atoms with Gasteiger partial charge in [0.25, 0.3) is 5.91 Å². The molecule has 7 nitrogen and oxygen atoms in total. The summed E-state index contributed by atoms with van der Waals surface area (Å²) in [7, 11) is 0. The number of hydrogen-bond donors (Lipinski definition) is 1. The van der Waals surface area contributed by atoms with Crippen LogP contribution in [0, 0.1) is 0 Å². The Morgan fingerprint density at radius 3 is 2.38 bits per heavy atom. The summed E-state index contributed by atoms with van der Waals surface area (Å²) < 4.78 is 10.2. The van der Waals surface area contributed by atoms with E-state index < -0.39 is 12.6 Å². The first-order valence-electron chi connectivity index (χ1n) is 7.51. The number of Topliss-reactive ketones (excluding diaryl/α,β-unsaturated/α-hetero) is 1. The van der Waals surface area contributed by atoms with Crippen LogP contribution in [0.5, 0.6) is 5.75 Å². The Labute approximate surface area is 139 Å². The van der Waals surface area contributed by atoms with Gasteiger partial charge in [0, 0.05) is 13.1 Å². The molecule has 1 aromatic carbocycles. The number of nitrogens with zero attached hydrogens (tertiary/aromatic N) is 1. The highest BCUT2D eigenvalue weighted by Gasteiger charge is 2.23. The number of aliphatic carboxylic acids is 1. The van der Waals surface area contributed by atoms with Crippen molar-refractivity contribution in [2.24, 2.45) is 0 Å². The van der Waals surface area contributed by atoms with E-state index in [-0.39, 0.29) is 17.3 Å². The Morgan fingerprint density at radius 1 is 1.21 bits per heavy atom. The van der Waals surface area contributed by atoms with Gasteiger partial charge in [0.05, 0.1) is 18.8 Å². The molecule has 0 radical (unpaired) electrons. The minimum atomic E-state index is -1.06. The molecule has 1 heterocycles. The molecule has 0 aromatic heterocycles. The van der Waals surface area contributed by atoms with Crippen LogP contribution in [-0.4, -0.2) is 60.6 Å². The van der Waals surface area contributed by atoms with Crippen molar-refractivity contribution in [3.63, 3.8) is 0 Å². The van der Waals surface area contributed by atoms with Gasteiger partial charge in [0.1, 0.15) is 5.75 Å². The molecule has 1 aromatic rings. The van der Waals surface area contributed by atoms with Crippen molar-refractivity contribution in [2.45, 2.75) is 6.92 Å². The van der Waals surface area contributed by atoms with Crippen LogP contribution in [0.25, 0.3) is 6.08 Å². The van der Waals surface area contributed by atoms with E-state index >= 15 is 0 Å². The Bertz CT molecular complexity index is 644. The molecule has 0 unspecified atom stereocenters. The molecule has 2 rings (SSSR count). The summed E-state index contributed by atoms with van der Waals surface area (Å²) in [5, 5.41) is 8.57. The first kappa shape index (κ1) is 17.7. The van der Waals surface area contributed by atoms with Gasteiger partial charge >= 0.3 is 5.97 Å². The molecule has 0 saturated carbocycles. The van der Waals surface area contributed by atoms with E-state index in [0.29, 0.717) is 37.6 Å². The van der Waals surface area contributed by atoms with Crippen LogP contribution in [-0.2, 0) is 19.1 Å². The fraction of sp³-hybridized carbons (Fsp3) is 0.353. The Hall–Kier alpha value is -2.67. The minimum Gasteiger partial charge on any atom is -0.482 e. The quantitative estimate of drug-likeness (QED) is 0.474. The van der Waals surface area contributed by atoms with Crippen LogP contribution in [0.3, 0.4) is 0 Å². The first-order chi connectivity index (χ1) is 11.5. The van der Waals surface area contributed by atoms with Crippen molar-refractivity contribution in [1.29, 1.82) is 0 Å². The zero-order chi connectivity index (χ0) is 17.5. The lowest BCUT2D eigenvalue weighted by Crippen LogP contribution is -2.42. The lowest BCUT2D eigenvalue weighted by Gasteiger charge is -2.27. The van der Waals surface area contributed by atoms with Crippen LogP contribution in [0.2, 0.25) is 0 Å². The smallest absolute Gasteiger partial charge is 0.341 e. The molecule has 1 N–H and O–H groups in total. The second-order valence-corrected chi connectivity index (χ2v) is 5.27. The molecule has 0 spiro atoms. The molecule has 1 saturated heterocycles.